The van der Waals surface area contributed by atoms with E-state index in [9.17, 15) is 0 Å². The van der Waals surface area contributed by atoms with Gasteiger partial charge in [-0.2, -0.15) is 0 Å². The van der Waals surface area contributed by atoms with Crippen molar-refractivity contribution < 1.29 is 0 Å². The third kappa shape index (κ3) is 3.04. The molecule has 1 saturated heterocycles. The van der Waals surface area contributed by atoms with Crippen molar-refractivity contribution in [1.82, 2.24) is 10.2 Å². The SMILES string of the molecule is C=CCCN1CCN[C@@H](C)C1. The average Bonchev–Trinajstić information content (AvgIpc) is 2.01. The van der Waals surface area contributed by atoms with E-state index in [2.05, 4.69) is 23.7 Å². The van der Waals surface area contributed by atoms with Gasteiger partial charge >= 0.3 is 0 Å². The molecule has 1 rings (SSSR count). The van der Waals surface area contributed by atoms with Gasteiger partial charge < -0.3 is 10.2 Å². The topological polar surface area (TPSA) is 15.3 Å². The zero-order chi connectivity index (χ0) is 8.10. The van der Waals surface area contributed by atoms with Gasteiger partial charge in [-0.25, -0.2) is 0 Å². The average molecular weight is 154 g/mol. The second-order valence-corrected chi connectivity index (χ2v) is 3.23. The predicted molar refractivity (Wildman–Crippen MR) is 48.7 cm³/mol. The first-order valence-electron chi connectivity index (χ1n) is 4.39. The van der Waals surface area contributed by atoms with Crippen LogP contribution in [-0.2, 0) is 0 Å². The first kappa shape index (κ1) is 8.75. The summed E-state index contributed by atoms with van der Waals surface area (Å²) in [6, 6.07) is 0.661. The fraction of sp³-hybridized carbons (Fsp3) is 0.778. The van der Waals surface area contributed by atoms with E-state index in [0.29, 0.717) is 6.04 Å². The highest BCUT2D eigenvalue weighted by molar-refractivity contribution is 4.77. The molecule has 11 heavy (non-hydrogen) atoms. The second-order valence-electron chi connectivity index (χ2n) is 3.23. The van der Waals surface area contributed by atoms with Crippen LogP contribution in [0.5, 0.6) is 0 Å². The molecule has 0 amide bonds. The second kappa shape index (κ2) is 4.52. The minimum absolute atomic E-state index is 0.661. The van der Waals surface area contributed by atoms with Crippen LogP contribution in [-0.4, -0.2) is 37.1 Å². The Labute approximate surface area is 69.3 Å². The van der Waals surface area contributed by atoms with Crippen LogP contribution in [0.2, 0.25) is 0 Å². The lowest BCUT2D eigenvalue weighted by atomic mass is 10.2. The van der Waals surface area contributed by atoms with Gasteiger partial charge in [-0.05, 0) is 13.3 Å². The molecule has 0 aromatic rings. The summed E-state index contributed by atoms with van der Waals surface area (Å²) in [6.07, 6.45) is 3.11. The maximum atomic E-state index is 3.72. The minimum atomic E-state index is 0.661. The summed E-state index contributed by atoms with van der Waals surface area (Å²) in [5.41, 5.74) is 0. The maximum Gasteiger partial charge on any atom is 0.0167 e. The third-order valence-electron chi connectivity index (χ3n) is 2.10. The molecular formula is C9H18N2. The van der Waals surface area contributed by atoms with Crippen molar-refractivity contribution in [2.45, 2.75) is 19.4 Å². The molecule has 0 bridgehead atoms. The zero-order valence-electron chi connectivity index (χ0n) is 7.34. The zero-order valence-corrected chi connectivity index (χ0v) is 7.34. The minimum Gasteiger partial charge on any atom is -0.312 e. The van der Waals surface area contributed by atoms with Crippen molar-refractivity contribution in [3.8, 4) is 0 Å². The fourth-order valence-electron chi connectivity index (χ4n) is 1.49. The van der Waals surface area contributed by atoms with E-state index in [-0.39, 0.29) is 0 Å². The molecule has 0 aromatic heterocycles. The van der Waals surface area contributed by atoms with Gasteiger partial charge in [0.15, 0.2) is 0 Å². The van der Waals surface area contributed by atoms with Crippen LogP contribution in [0.4, 0.5) is 0 Å². The lowest BCUT2D eigenvalue weighted by Gasteiger charge is -2.31. The van der Waals surface area contributed by atoms with E-state index < -0.39 is 0 Å². The van der Waals surface area contributed by atoms with E-state index in [1.54, 1.807) is 0 Å². The van der Waals surface area contributed by atoms with Crippen LogP contribution in [0.3, 0.4) is 0 Å². The number of hydrogen-bond donors (Lipinski definition) is 1. The molecule has 0 unspecified atom stereocenters. The molecule has 1 aliphatic rings. The molecular weight excluding hydrogens is 136 g/mol. The van der Waals surface area contributed by atoms with Gasteiger partial charge in [-0.3, -0.25) is 0 Å². The molecule has 0 spiro atoms. The Balaban J connectivity index is 2.17. The summed E-state index contributed by atoms with van der Waals surface area (Å²) in [6.45, 7) is 10.7. The molecule has 1 atom stereocenters. The van der Waals surface area contributed by atoms with Crippen molar-refractivity contribution in [2.24, 2.45) is 0 Å². The van der Waals surface area contributed by atoms with Crippen molar-refractivity contribution >= 4 is 0 Å². The number of piperazine rings is 1. The quantitative estimate of drug-likeness (QED) is 0.606. The van der Waals surface area contributed by atoms with Crippen molar-refractivity contribution in [3.63, 3.8) is 0 Å². The highest BCUT2D eigenvalue weighted by atomic mass is 15.2. The molecule has 1 aliphatic heterocycles. The van der Waals surface area contributed by atoms with Crippen LogP contribution in [0.25, 0.3) is 0 Å². The van der Waals surface area contributed by atoms with Crippen LogP contribution < -0.4 is 5.32 Å². The van der Waals surface area contributed by atoms with E-state index in [1.165, 1.54) is 19.6 Å². The molecule has 0 saturated carbocycles. The van der Waals surface area contributed by atoms with Gasteiger partial charge in [0, 0.05) is 32.2 Å². The number of nitrogens with zero attached hydrogens (tertiary/aromatic N) is 1. The first-order chi connectivity index (χ1) is 5.33. The van der Waals surface area contributed by atoms with Gasteiger partial charge in [-0.1, -0.05) is 6.08 Å². The van der Waals surface area contributed by atoms with Gasteiger partial charge in [-0.15, -0.1) is 6.58 Å². The summed E-state index contributed by atoms with van der Waals surface area (Å²) in [5.74, 6) is 0. The molecule has 1 fully saturated rings. The Morgan fingerprint density at radius 2 is 2.55 bits per heavy atom. The molecule has 2 nitrogen and oxygen atoms in total. The molecule has 1 heterocycles. The highest BCUT2D eigenvalue weighted by Gasteiger charge is 2.13. The van der Waals surface area contributed by atoms with Crippen molar-refractivity contribution in [1.29, 1.82) is 0 Å². The molecule has 1 N–H and O–H groups in total. The Kier molecular flexibility index (Phi) is 3.60. The Morgan fingerprint density at radius 3 is 3.18 bits per heavy atom. The van der Waals surface area contributed by atoms with Crippen LogP contribution in [0.15, 0.2) is 12.7 Å². The summed E-state index contributed by atoms with van der Waals surface area (Å²) >= 11 is 0. The highest BCUT2D eigenvalue weighted by Crippen LogP contribution is 1.99. The fourth-order valence-corrected chi connectivity index (χ4v) is 1.49. The number of nitrogens with one attached hydrogen (secondary N) is 1. The van der Waals surface area contributed by atoms with Crippen LogP contribution in [0.1, 0.15) is 13.3 Å². The van der Waals surface area contributed by atoms with Gasteiger partial charge in [0.2, 0.25) is 0 Å². The Morgan fingerprint density at radius 1 is 1.73 bits per heavy atom. The first-order valence-corrected chi connectivity index (χ1v) is 4.39. The van der Waals surface area contributed by atoms with Gasteiger partial charge in [0.05, 0.1) is 0 Å². The molecule has 64 valence electrons. The lowest BCUT2D eigenvalue weighted by molar-refractivity contribution is 0.210. The summed E-state index contributed by atoms with van der Waals surface area (Å²) in [4.78, 5) is 2.49. The summed E-state index contributed by atoms with van der Waals surface area (Å²) in [7, 11) is 0. The third-order valence-corrected chi connectivity index (χ3v) is 2.10. The van der Waals surface area contributed by atoms with Gasteiger partial charge in [0.25, 0.3) is 0 Å². The van der Waals surface area contributed by atoms with Crippen LogP contribution >= 0.6 is 0 Å². The van der Waals surface area contributed by atoms with Gasteiger partial charge in [0.1, 0.15) is 0 Å². The normalized spacial score (nSPS) is 26.8. The maximum absolute atomic E-state index is 3.72. The molecule has 0 aromatic carbocycles. The van der Waals surface area contributed by atoms with Crippen molar-refractivity contribution in [3.05, 3.63) is 12.7 Å². The van der Waals surface area contributed by atoms with E-state index in [1.807, 2.05) is 6.08 Å². The van der Waals surface area contributed by atoms with E-state index >= 15 is 0 Å². The molecule has 2 heteroatoms. The summed E-state index contributed by atoms with van der Waals surface area (Å²) < 4.78 is 0. The van der Waals surface area contributed by atoms with E-state index in [0.717, 1.165) is 13.0 Å². The van der Waals surface area contributed by atoms with Crippen LogP contribution in [0, 0.1) is 0 Å². The lowest BCUT2D eigenvalue weighted by Crippen LogP contribution is -2.49. The predicted octanol–water partition coefficient (Wildman–Crippen LogP) is 0.856. The smallest absolute Gasteiger partial charge is 0.0167 e. The number of rotatable bonds is 3. The standard InChI is InChI=1S/C9H18N2/c1-3-4-6-11-7-5-10-9(2)8-11/h3,9-10H,1,4-8H2,2H3/t9-/m0/s1. The van der Waals surface area contributed by atoms with Crippen molar-refractivity contribution in [2.75, 3.05) is 26.2 Å². The monoisotopic (exact) mass is 154 g/mol. The Hall–Kier alpha value is -0.340. The summed E-state index contributed by atoms with van der Waals surface area (Å²) in [5, 5.41) is 3.42. The molecule has 0 aliphatic carbocycles. The Bertz CT molecular complexity index is 123. The number of hydrogen-bond acceptors (Lipinski definition) is 2. The van der Waals surface area contributed by atoms with E-state index in [4.69, 9.17) is 0 Å². The molecule has 0 radical (unpaired) electrons. The largest absolute Gasteiger partial charge is 0.312 e.